The number of nitrogens with zero attached hydrogens (tertiary/aromatic N) is 2. The normalized spacial score (nSPS) is 10.4. The highest BCUT2D eigenvalue weighted by Gasteiger charge is 2.13. The molecule has 19 heavy (non-hydrogen) atoms. The van der Waals surface area contributed by atoms with E-state index in [1.165, 1.54) is 5.56 Å². The second-order valence-electron chi connectivity index (χ2n) is 4.25. The summed E-state index contributed by atoms with van der Waals surface area (Å²) in [5, 5.41) is 6.86. The average molecular weight is 275 g/mol. The predicted octanol–water partition coefficient (Wildman–Crippen LogP) is 2.46. The Balaban J connectivity index is 1.75. The summed E-state index contributed by atoms with van der Waals surface area (Å²) in [6.07, 6.45) is 2.65. The Kier molecular flexibility index (Phi) is 5.03. The molecule has 2 aromatic rings. The number of aryl methyl sites for hydroxylation is 2. The number of rotatable bonds is 6. The highest BCUT2D eigenvalue weighted by atomic mass is 32.1. The first kappa shape index (κ1) is 13.7. The van der Waals surface area contributed by atoms with Gasteiger partial charge in [-0.1, -0.05) is 41.7 Å². The summed E-state index contributed by atoms with van der Waals surface area (Å²) in [5.41, 5.74) is 2.08. The molecule has 0 fully saturated rings. The van der Waals surface area contributed by atoms with Crippen molar-refractivity contribution in [1.29, 1.82) is 0 Å². The van der Waals surface area contributed by atoms with Crippen LogP contribution in [0.15, 0.2) is 30.3 Å². The van der Waals surface area contributed by atoms with Gasteiger partial charge in [-0.25, -0.2) is 0 Å². The zero-order valence-corrected chi connectivity index (χ0v) is 11.7. The van der Waals surface area contributed by atoms with Gasteiger partial charge in [0.1, 0.15) is 4.88 Å². The van der Waals surface area contributed by atoms with Gasteiger partial charge in [-0.05, 0) is 36.4 Å². The number of amides is 1. The van der Waals surface area contributed by atoms with Crippen molar-refractivity contribution in [1.82, 2.24) is 14.9 Å². The Morgan fingerprint density at radius 2 is 2.11 bits per heavy atom. The zero-order valence-electron chi connectivity index (χ0n) is 10.9. The molecule has 1 aromatic heterocycles. The van der Waals surface area contributed by atoms with Crippen molar-refractivity contribution in [2.75, 3.05) is 6.54 Å². The monoisotopic (exact) mass is 275 g/mol. The van der Waals surface area contributed by atoms with Crippen LogP contribution >= 0.6 is 11.5 Å². The molecule has 0 spiro atoms. The number of carbonyl (C=O) groups excluding carboxylic acids is 1. The number of benzene rings is 1. The summed E-state index contributed by atoms with van der Waals surface area (Å²) in [6, 6.07) is 10.3. The highest BCUT2D eigenvalue weighted by molar-refractivity contribution is 7.08. The third-order valence-electron chi connectivity index (χ3n) is 2.87. The van der Waals surface area contributed by atoms with Crippen LogP contribution in [-0.2, 0) is 12.8 Å². The van der Waals surface area contributed by atoms with Gasteiger partial charge in [0.2, 0.25) is 0 Å². The van der Waals surface area contributed by atoms with Crippen molar-refractivity contribution < 1.29 is 4.79 Å². The second kappa shape index (κ2) is 6.99. The van der Waals surface area contributed by atoms with E-state index in [2.05, 4.69) is 27.0 Å². The molecule has 0 aliphatic rings. The smallest absolute Gasteiger partial charge is 0.264 e. The van der Waals surface area contributed by atoms with Crippen LogP contribution in [0.1, 0.15) is 34.3 Å². The van der Waals surface area contributed by atoms with E-state index < -0.39 is 0 Å². The van der Waals surface area contributed by atoms with Crippen LogP contribution in [0.25, 0.3) is 0 Å². The minimum Gasteiger partial charge on any atom is -0.351 e. The molecule has 2 rings (SSSR count). The molecular formula is C14H17N3OS. The fourth-order valence-corrected chi connectivity index (χ4v) is 2.50. The van der Waals surface area contributed by atoms with E-state index >= 15 is 0 Å². The largest absolute Gasteiger partial charge is 0.351 e. The van der Waals surface area contributed by atoms with Crippen molar-refractivity contribution in [3.05, 3.63) is 46.5 Å². The maximum atomic E-state index is 11.9. The van der Waals surface area contributed by atoms with Crippen molar-refractivity contribution in [2.24, 2.45) is 0 Å². The summed E-state index contributed by atoms with van der Waals surface area (Å²) in [6.45, 7) is 2.65. The standard InChI is InChI=1S/C14H17N3OS/c1-2-12-13(19-17-16-12)14(18)15-10-6-9-11-7-4-3-5-8-11/h3-5,7-8H,2,6,9-10H2,1H3,(H,15,18). The summed E-state index contributed by atoms with van der Waals surface area (Å²) in [5.74, 6) is -0.0556. The molecule has 0 bridgehead atoms. The maximum absolute atomic E-state index is 11.9. The van der Waals surface area contributed by atoms with Crippen molar-refractivity contribution in [3.8, 4) is 0 Å². The lowest BCUT2D eigenvalue weighted by Crippen LogP contribution is -2.24. The van der Waals surface area contributed by atoms with Crippen molar-refractivity contribution in [2.45, 2.75) is 26.2 Å². The summed E-state index contributed by atoms with van der Waals surface area (Å²) >= 11 is 1.16. The lowest BCUT2D eigenvalue weighted by atomic mass is 10.1. The highest BCUT2D eigenvalue weighted by Crippen LogP contribution is 2.10. The van der Waals surface area contributed by atoms with E-state index in [9.17, 15) is 4.79 Å². The van der Waals surface area contributed by atoms with Gasteiger partial charge in [0.05, 0.1) is 5.69 Å². The second-order valence-corrected chi connectivity index (χ2v) is 5.00. The quantitative estimate of drug-likeness (QED) is 0.824. The molecule has 0 aliphatic carbocycles. The van der Waals surface area contributed by atoms with E-state index in [-0.39, 0.29) is 5.91 Å². The number of carbonyl (C=O) groups is 1. The number of nitrogens with one attached hydrogen (secondary N) is 1. The summed E-state index contributed by atoms with van der Waals surface area (Å²) in [4.78, 5) is 12.6. The molecule has 0 radical (unpaired) electrons. The lowest BCUT2D eigenvalue weighted by Gasteiger charge is -2.04. The van der Waals surface area contributed by atoms with Gasteiger partial charge in [-0.15, -0.1) is 5.10 Å². The Morgan fingerprint density at radius 1 is 1.32 bits per heavy atom. The lowest BCUT2D eigenvalue weighted by molar-refractivity contribution is 0.0956. The van der Waals surface area contributed by atoms with Crippen LogP contribution in [0.2, 0.25) is 0 Å². The topological polar surface area (TPSA) is 54.9 Å². The third kappa shape index (κ3) is 3.86. The van der Waals surface area contributed by atoms with Gasteiger partial charge in [0.25, 0.3) is 5.91 Å². The van der Waals surface area contributed by atoms with Crippen LogP contribution in [0, 0.1) is 0 Å². The molecular weight excluding hydrogens is 258 g/mol. The zero-order chi connectivity index (χ0) is 13.5. The Bertz CT molecular complexity index is 524. The van der Waals surface area contributed by atoms with Crippen molar-refractivity contribution in [3.63, 3.8) is 0 Å². The van der Waals surface area contributed by atoms with Gasteiger partial charge in [-0.2, -0.15) is 0 Å². The molecule has 0 saturated carbocycles. The fraction of sp³-hybridized carbons (Fsp3) is 0.357. The molecule has 0 aliphatic heterocycles. The van der Waals surface area contributed by atoms with Gasteiger partial charge in [0.15, 0.2) is 0 Å². The van der Waals surface area contributed by atoms with E-state index in [0.717, 1.165) is 36.5 Å². The molecule has 1 amide bonds. The predicted molar refractivity (Wildman–Crippen MR) is 76.4 cm³/mol. The van der Waals surface area contributed by atoms with Crippen LogP contribution in [0.5, 0.6) is 0 Å². The molecule has 1 N–H and O–H groups in total. The minimum atomic E-state index is -0.0556. The summed E-state index contributed by atoms with van der Waals surface area (Å²) in [7, 11) is 0. The van der Waals surface area contributed by atoms with E-state index in [1.54, 1.807) is 0 Å². The van der Waals surface area contributed by atoms with Crippen LogP contribution in [-0.4, -0.2) is 22.0 Å². The minimum absolute atomic E-state index is 0.0556. The first-order valence-corrected chi connectivity index (χ1v) is 7.22. The molecule has 1 aromatic carbocycles. The van der Waals surface area contributed by atoms with E-state index in [4.69, 9.17) is 0 Å². The van der Waals surface area contributed by atoms with E-state index in [1.807, 2.05) is 25.1 Å². The molecule has 100 valence electrons. The van der Waals surface area contributed by atoms with Gasteiger partial charge < -0.3 is 5.32 Å². The maximum Gasteiger partial charge on any atom is 0.264 e. The van der Waals surface area contributed by atoms with Crippen LogP contribution in [0.3, 0.4) is 0 Å². The Hall–Kier alpha value is -1.75. The molecule has 0 unspecified atom stereocenters. The first-order valence-electron chi connectivity index (χ1n) is 6.44. The number of aromatic nitrogens is 2. The molecule has 1 heterocycles. The third-order valence-corrected chi connectivity index (χ3v) is 3.63. The van der Waals surface area contributed by atoms with Gasteiger partial charge in [0, 0.05) is 6.54 Å². The average Bonchev–Trinajstić information content (AvgIpc) is 2.93. The van der Waals surface area contributed by atoms with Crippen molar-refractivity contribution >= 4 is 17.4 Å². The molecule has 5 heteroatoms. The fourth-order valence-electron chi connectivity index (χ4n) is 1.83. The van der Waals surface area contributed by atoms with Gasteiger partial charge in [-0.3, -0.25) is 4.79 Å². The number of hydrogen-bond donors (Lipinski definition) is 1. The Morgan fingerprint density at radius 3 is 2.84 bits per heavy atom. The molecule has 0 atom stereocenters. The molecule has 4 nitrogen and oxygen atoms in total. The Labute approximate surface area is 117 Å². The summed E-state index contributed by atoms with van der Waals surface area (Å²) < 4.78 is 3.82. The SMILES string of the molecule is CCc1nnsc1C(=O)NCCCc1ccccc1. The van der Waals surface area contributed by atoms with E-state index in [0.29, 0.717) is 11.4 Å². The van der Waals surface area contributed by atoms with Crippen LogP contribution in [0.4, 0.5) is 0 Å². The van der Waals surface area contributed by atoms with Gasteiger partial charge >= 0.3 is 0 Å². The molecule has 0 saturated heterocycles. The van der Waals surface area contributed by atoms with Crippen LogP contribution < -0.4 is 5.32 Å². The number of hydrogen-bond acceptors (Lipinski definition) is 4. The first-order chi connectivity index (χ1) is 9.31.